The van der Waals surface area contributed by atoms with Crippen molar-refractivity contribution < 1.29 is 32.3 Å². The molecule has 0 aromatic heterocycles. The molecule has 2 aliphatic heterocycles. The highest BCUT2D eigenvalue weighted by Gasteiger charge is 2.71. The number of halogens is 3. The van der Waals surface area contributed by atoms with Crippen LogP contribution in [0.1, 0.15) is 43.5 Å². The summed E-state index contributed by atoms with van der Waals surface area (Å²) in [5.74, 6) is -3.13. The molecule has 2 amide bonds. The van der Waals surface area contributed by atoms with Crippen LogP contribution in [0, 0.1) is 5.41 Å². The third-order valence-electron chi connectivity index (χ3n) is 6.84. The maximum Gasteiger partial charge on any atom is 0.425 e. The van der Waals surface area contributed by atoms with E-state index in [-0.39, 0.29) is 30.6 Å². The third kappa shape index (κ3) is 4.73. The summed E-state index contributed by atoms with van der Waals surface area (Å²) in [5, 5.41) is 1.96. The van der Waals surface area contributed by atoms with Gasteiger partial charge >= 0.3 is 6.18 Å². The van der Waals surface area contributed by atoms with Crippen LogP contribution in [0.25, 0.3) is 0 Å². The lowest BCUT2D eigenvalue weighted by atomic mass is 9.72. The van der Waals surface area contributed by atoms with Crippen LogP contribution in [-0.4, -0.2) is 78.5 Å². The Morgan fingerprint density at radius 2 is 1.71 bits per heavy atom. The van der Waals surface area contributed by atoms with Gasteiger partial charge in [0.1, 0.15) is 0 Å². The van der Waals surface area contributed by atoms with Crippen molar-refractivity contribution in [3.05, 3.63) is 47.2 Å². The van der Waals surface area contributed by atoms with E-state index in [1.807, 2.05) is 5.32 Å². The number of nitrogens with zero attached hydrogens (tertiary/aromatic N) is 2. The van der Waals surface area contributed by atoms with Gasteiger partial charge in [0.25, 0.3) is 11.8 Å². The lowest BCUT2D eigenvalue weighted by molar-refractivity contribution is -0.190. The smallest absolute Gasteiger partial charge is 0.379 e. The Balaban J connectivity index is 1.70. The van der Waals surface area contributed by atoms with Gasteiger partial charge < -0.3 is 15.0 Å². The van der Waals surface area contributed by atoms with Crippen molar-refractivity contribution in [2.24, 2.45) is 5.41 Å². The zero-order chi connectivity index (χ0) is 25.4. The Kier molecular flexibility index (Phi) is 6.80. The fourth-order valence-corrected chi connectivity index (χ4v) is 5.17. The summed E-state index contributed by atoms with van der Waals surface area (Å²) in [7, 11) is 0. The van der Waals surface area contributed by atoms with Crippen molar-refractivity contribution >= 4 is 17.6 Å². The Morgan fingerprint density at radius 3 is 2.34 bits per heavy atom. The first-order valence-corrected chi connectivity index (χ1v) is 11.8. The van der Waals surface area contributed by atoms with Crippen LogP contribution in [0.15, 0.2) is 41.6 Å². The summed E-state index contributed by atoms with van der Waals surface area (Å²) < 4.78 is 49.7. The molecule has 1 aromatic rings. The summed E-state index contributed by atoms with van der Waals surface area (Å²) in [6.07, 6.45) is -4.78. The van der Waals surface area contributed by atoms with E-state index in [0.717, 1.165) is 4.90 Å². The number of hydrogen-bond donors (Lipinski definition) is 1. The van der Waals surface area contributed by atoms with Crippen LogP contribution in [0.5, 0.6) is 0 Å². The van der Waals surface area contributed by atoms with Gasteiger partial charge in [-0.05, 0) is 30.4 Å². The number of hydrogen-bond acceptors (Lipinski definition) is 5. The minimum Gasteiger partial charge on any atom is -0.379 e. The van der Waals surface area contributed by atoms with Crippen molar-refractivity contribution in [2.75, 3.05) is 39.4 Å². The second-order valence-corrected chi connectivity index (χ2v) is 10.1. The fraction of sp³-hybridized carbons (Fsp3) is 0.560. The number of morpholine rings is 1. The minimum atomic E-state index is -5.20. The van der Waals surface area contributed by atoms with Crippen LogP contribution >= 0.6 is 0 Å². The lowest BCUT2D eigenvalue weighted by Crippen LogP contribution is -2.66. The maximum atomic E-state index is 14.8. The second kappa shape index (κ2) is 9.39. The molecule has 7 nitrogen and oxygen atoms in total. The van der Waals surface area contributed by atoms with E-state index in [2.05, 4.69) is 4.90 Å². The van der Waals surface area contributed by atoms with Gasteiger partial charge in [-0.1, -0.05) is 32.0 Å². The van der Waals surface area contributed by atoms with Gasteiger partial charge in [-0.15, -0.1) is 0 Å². The molecule has 1 N–H and O–H groups in total. The number of carbonyl (C=O) groups excluding carboxylic acids is 3. The number of ether oxygens (including phenoxy) is 1. The van der Waals surface area contributed by atoms with Gasteiger partial charge in [-0.3, -0.25) is 19.3 Å². The van der Waals surface area contributed by atoms with Crippen molar-refractivity contribution in [1.29, 1.82) is 0 Å². The van der Waals surface area contributed by atoms with E-state index in [1.165, 1.54) is 24.3 Å². The predicted octanol–water partition coefficient (Wildman–Crippen LogP) is 2.93. The van der Waals surface area contributed by atoms with Gasteiger partial charge in [-0.2, -0.15) is 13.2 Å². The third-order valence-corrected chi connectivity index (χ3v) is 6.84. The maximum absolute atomic E-state index is 14.8. The minimum absolute atomic E-state index is 0.0252. The Morgan fingerprint density at radius 1 is 1.06 bits per heavy atom. The number of alkyl halides is 3. The van der Waals surface area contributed by atoms with E-state index >= 15 is 0 Å². The summed E-state index contributed by atoms with van der Waals surface area (Å²) in [6.45, 7) is 6.80. The predicted molar refractivity (Wildman–Crippen MR) is 121 cm³/mol. The van der Waals surface area contributed by atoms with Gasteiger partial charge in [0.15, 0.2) is 5.78 Å². The number of rotatable bonds is 6. The molecule has 35 heavy (non-hydrogen) atoms. The zero-order valence-electron chi connectivity index (χ0n) is 19.9. The molecule has 1 fully saturated rings. The average Bonchev–Trinajstić information content (AvgIpc) is 3.02. The largest absolute Gasteiger partial charge is 0.425 e. The first kappa shape index (κ1) is 25.4. The quantitative estimate of drug-likeness (QED) is 0.660. The van der Waals surface area contributed by atoms with E-state index in [9.17, 15) is 27.6 Å². The molecule has 0 spiro atoms. The highest BCUT2D eigenvalue weighted by molar-refractivity contribution is 6.14. The van der Waals surface area contributed by atoms with Crippen LogP contribution in [-0.2, 0) is 14.3 Å². The average molecular weight is 494 g/mol. The first-order valence-electron chi connectivity index (χ1n) is 11.8. The normalized spacial score (nSPS) is 25.1. The van der Waals surface area contributed by atoms with Crippen molar-refractivity contribution in [2.45, 2.75) is 44.8 Å². The Bertz CT molecular complexity index is 1030. The van der Waals surface area contributed by atoms with Crippen molar-refractivity contribution in [3.63, 3.8) is 0 Å². The molecule has 0 saturated carbocycles. The van der Waals surface area contributed by atoms with Gasteiger partial charge in [-0.25, -0.2) is 0 Å². The molecule has 2 heterocycles. The lowest BCUT2D eigenvalue weighted by Gasteiger charge is -2.35. The highest BCUT2D eigenvalue weighted by atomic mass is 19.4. The zero-order valence-corrected chi connectivity index (χ0v) is 19.9. The number of Topliss-reactive ketones (excluding diaryl/α,β-unsaturated/α-hetero) is 1. The number of nitrogens with one attached hydrogen (secondary N) is 1. The van der Waals surface area contributed by atoms with Gasteiger partial charge in [0.05, 0.1) is 18.8 Å². The van der Waals surface area contributed by atoms with E-state index in [0.29, 0.717) is 39.3 Å². The molecule has 1 aliphatic carbocycles. The highest BCUT2D eigenvalue weighted by Crippen LogP contribution is 2.51. The van der Waals surface area contributed by atoms with Crippen molar-refractivity contribution in [1.82, 2.24) is 15.1 Å². The Labute approximate surface area is 202 Å². The molecular formula is C25H30F3N3O4. The molecule has 0 radical (unpaired) electrons. The molecule has 10 heteroatoms. The molecule has 1 saturated heterocycles. The summed E-state index contributed by atoms with van der Waals surface area (Å²) >= 11 is 0. The molecule has 1 aromatic carbocycles. The standard InChI is InChI=1S/C25H30F3N3O4/c1-23(2)15-18-20(19(32)16-23)24(25(26,27)28,29-21(33)17-7-4-3-5-8-17)22(34)31(18)10-6-9-30-11-13-35-14-12-30/h3-5,7-8H,6,9-16H2,1-2H3,(H,29,33)/t24-/m0/s1. The van der Waals surface area contributed by atoms with Crippen LogP contribution in [0.2, 0.25) is 0 Å². The van der Waals surface area contributed by atoms with E-state index in [1.54, 1.807) is 19.9 Å². The van der Waals surface area contributed by atoms with E-state index < -0.39 is 40.3 Å². The summed E-state index contributed by atoms with van der Waals surface area (Å²) in [4.78, 5) is 42.9. The monoisotopic (exact) mass is 493 g/mol. The Hall–Kier alpha value is -2.72. The molecule has 190 valence electrons. The number of amides is 2. The molecular weight excluding hydrogens is 463 g/mol. The first-order chi connectivity index (χ1) is 16.5. The number of carbonyl (C=O) groups is 3. The van der Waals surface area contributed by atoms with Gasteiger partial charge in [0, 0.05) is 43.9 Å². The molecule has 0 unspecified atom stereocenters. The second-order valence-electron chi connectivity index (χ2n) is 10.1. The number of allylic oxidation sites excluding steroid dienone is 1. The number of ketones is 1. The van der Waals surface area contributed by atoms with Crippen LogP contribution in [0.4, 0.5) is 13.2 Å². The van der Waals surface area contributed by atoms with E-state index in [4.69, 9.17) is 4.74 Å². The molecule has 3 aliphatic rings. The topological polar surface area (TPSA) is 79.0 Å². The molecule has 4 rings (SSSR count). The fourth-order valence-electron chi connectivity index (χ4n) is 5.17. The SMILES string of the molecule is CC1(C)CC(=O)C2=C(C1)N(CCCN1CCOCC1)C(=O)[C@]2(NC(=O)c1ccccc1)C(F)(F)F. The van der Waals surface area contributed by atoms with Crippen molar-refractivity contribution in [3.8, 4) is 0 Å². The summed E-state index contributed by atoms with van der Waals surface area (Å²) in [5.41, 5.74) is -4.60. The van der Waals surface area contributed by atoms with Gasteiger partial charge in [0.2, 0.25) is 5.54 Å². The molecule has 1 atom stereocenters. The molecule has 0 bridgehead atoms. The number of benzene rings is 1. The van der Waals surface area contributed by atoms with Crippen LogP contribution < -0.4 is 5.32 Å². The van der Waals surface area contributed by atoms with Crippen LogP contribution in [0.3, 0.4) is 0 Å². The summed E-state index contributed by atoms with van der Waals surface area (Å²) in [6, 6.07) is 7.38.